The lowest BCUT2D eigenvalue weighted by Crippen LogP contribution is -3.16. The van der Waals surface area contributed by atoms with Crippen molar-refractivity contribution < 1.29 is 14.5 Å². The van der Waals surface area contributed by atoms with Gasteiger partial charge in [-0.1, -0.05) is 30.3 Å². The van der Waals surface area contributed by atoms with Gasteiger partial charge in [0.2, 0.25) is 5.91 Å². The molecule has 6 rings (SSSR count). The quantitative estimate of drug-likeness (QED) is 0.482. The summed E-state index contributed by atoms with van der Waals surface area (Å²) in [5.74, 6) is -0.197. The van der Waals surface area contributed by atoms with Crippen LogP contribution in [0.25, 0.3) is 20.8 Å². The molecule has 6 heteroatoms. The van der Waals surface area contributed by atoms with E-state index in [2.05, 4.69) is 37.3 Å². The van der Waals surface area contributed by atoms with E-state index in [0.717, 1.165) is 40.3 Å². The summed E-state index contributed by atoms with van der Waals surface area (Å²) in [6, 6.07) is 22.0. The monoisotopic (exact) mass is 454 g/mol. The molecule has 2 aliphatic rings. The molecule has 0 aliphatic carbocycles. The van der Waals surface area contributed by atoms with E-state index in [1.807, 2.05) is 36.4 Å². The lowest BCUT2D eigenvalue weighted by atomic mass is 9.98. The molecule has 4 aromatic rings. The van der Waals surface area contributed by atoms with Gasteiger partial charge in [-0.2, -0.15) is 0 Å². The molecule has 0 saturated carbocycles. The number of imide groups is 1. The van der Waals surface area contributed by atoms with E-state index in [0.29, 0.717) is 5.69 Å². The predicted octanol–water partition coefficient (Wildman–Crippen LogP) is 3.54. The van der Waals surface area contributed by atoms with Gasteiger partial charge in [-0.3, -0.25) is 9.59 Å². The van der Waals surface area contributed by atoms with Gasteiger partial charge in [0.15, 0.2) is 6.04 Å². The predicted molar refractivity (Wildman–Crippen MR) is 130 cm³/mol. The van der Waals surface area contributed by atoms with Gasteiger partial charge < -0.3 is 4.90 Å². The van der Waals surface area contributed by atoms with Crippen molar-refractivity contribution in [2.24, 2.45) is 0 Å². The lowest BCUT2D eigenvalue weighted by Gasteiger charge is -2.29. The molecule has 0 bridgehead atoms. The molecule has 33 heavy (non-hydrogen) atoms. The fourth-order valence-corrected chi connectivity index (χ4v) is 6.10. The van der Waals surface area contributed by atoms with Crippen LogP contribution >= 0.6 is 11.3 Å². The number of hydrogen-bond donors (Lipinski definition) is 1. The summed E-state index contributed by atoms with van der Waals surface area (Å²) in [4.78, 5) is 33.5. The highest BCUT2D eigenvalue weighted by Crippen LogP contribution is 2.32. The van der Waals surface area contributed by atoms with Crippen molar-refractivity contribution in [1.82, 2.24) is 4.98 Å². The van der Waals surface area contributed by atoms with Crippen molar-refractivity contribution in [2.75, 3.05) is 11.4 Å². The van der Waals surface area contributed by atoms with Crippen LogP contribution in [0.4, 0.5) is 5.69 Å². The molecule has 5 nitrogen and oxygen atoms in total. The van der Waals surface area contributed by atoms with Gasteiger partial charge in [-0.15, -0.1) is 11.3 Å². The van der Waals surface area contributed by atoms with E-state index >= 15 is 0 Å². The average molecular weight is 455 g/mol. The van der Waals surface area contributed by atoms with Gasteiger partial charge in [0.1, 0.15) is 11.6 Å². The third-order valence-corrected chi connectivity index (χ3v) is 7.87. The maximum atomic E-state index is 13.3. The van der Waals surface area contributed by atoms with Crippen LogP contribution in [0, 0.1) is 6.92 Å². The zero-order valence-corrected chi connectivity index (χ0v) is 19.2. The number of nitrogens with one attached hydrogen (secondary N) is 1. The Morgan fingerprint density at radius 2 is 1.79 bits per heavy atom. The molecule has 0 spiro atoms. The largest absolute Gasteiger partial charge is 0.320 e. The van der Waals surface area contributed by atoms with Gasteiger partial charge in [-0.05, 0) is 54.4 Å². The summed E-state index contributed by atoms with van der Waals surface area (Å²) in [5, 5.41) is 0.940. The van der Waals surface area contributed by atoms with Crippen LogP contribution in [0.1, 0.15) is 23.1 Å². The number of fused-ring (bicyclic) bond motifs is 2. The van der Waals surface area contributed by atoms with Crippen LogP contribution in [-0.2, 0) is 22.6 Å². The molecule has 3 heterocycles. The van der Waals surface area contributed by atoms with Gasteiger partial charge in [-0.25, -0.2) is 9.88 Å². The van der Waals surface area contributed by atoms with E-state index in [1.54, 1.807) is 11.3 Å². The van der Waals surface area contributed by atoms with Gasteiger partial charge in [0.05, 0.1) is 28.9 Å². The smallest absolute Gasteiger partial charge is 0.292 e. The first-order valence-corrected chi connectivity index (χ1v) is 12.1. The topological polar surface area (TPSA) is 54.7 Å². The van der Waals surface area contributed by atoms with Crippen LogP contribution in [0.2, 0.25) is 0 Å². The number of carbonyl (C=O) groups excluding carboxylic acids is 2. The zero-order valence-electron chi connectivity index (χ0n) is 18.4. The number of thiazole rings is 1. The molecule has 1 fully saturated rings. The Balaban J connectivity index is 1.23. The van der Waals surface area contributed by atoms with Crippen molar-refractivity contribution in [1.29, 1.82) is 0 Å². The first kappa shape index (κ1) is 20.3. The Labute approximate surface area is 196 Å². The maximum Gasteiger partial charge on any atom is 0.292 e. The number of anilines is 1. The normalized spacial score (nSPS) is 20.5. The van der Waals surface area contributed by atoms with Gasteiger partial charge >= 0.3 is 0 Å². The second-order valence-corrected chi connectivity index (χ2v) is 10.00. The Kier molecular flexibility index (Phi) is 4.85. The van der Waals surface area contributed by atoms with Crippen LogP contribution in [-0.4, -0.2) is 29.4 Å². The second kappa shape index (κ2) is 7.90. The van der Waals surface area contributed by atoms with Crippen molar-refractivity contribution in [2.45, 2.75) is 32.4 Å². The molecular weight excluding hydrogens is 430 g/mol. The highest BCUT2D eigenvalue weighted by molar-refractivity contribution is 7.21. The first-order valence-electron chi connectivity index (χ1n) is 11.3. The third kappa shape index (κ3) is 3.56. The minimum Gasteiger partial charge on any atom is -0.320 e. The number of amides is 2. The number of carbonyl (C=O) groups is 2. The summed E-state index contributed by atoms with van der Waals surface area (Å²) in [5.41, 5.74) is 6.48. The van der Waals surface area contributed by atoms with Crippen LogP contribution in [0.3, 0.4) is 0 Å². The first-order chi connectivity index (χ1) is 16.1. The number of quaternary nitrogens is 1. The molecule has 2 amide bonds. The Morgan fingerprint density at radius 3 is 2.61 bits per heavy atom. The number of rotatable bonds is 3. The fourth-order valence-electron chi connectivity index (χ4n) is 5.03. The van der Waals surface area contributed by atoms with E-state index in [4.69, 9.17) is 4.98 Å². The molecule has 3 aromatic carbocycles. The van der Waals surface area contributed by atoms with Crippen LogP contribution in [0.5, 0.6) is 0 Å². The van der Waals surface area contributed by atoms with Gasteiger partial charge in [0.25, 0.3) is 5.91 Å². The SMILES string of the molecule is Cc1ccc2nc(-c3ccc(N4C(=O)C[C@H]([NH+]5CCc6ccccc6C5)C4=O)cc3)sc2c1. The number of benzene rings is 3. The summed E-state index contributed by atoms with van der Waals surface area (Å²) >= 11 is 1.66. The standard InChI is InChI=1S/C27H23N3O2S/c1-17-6-11-22-24(14-17)33-26(28-22)19-7-9-21(10-8-19)30-25(31)15-23(27(30)32)29-13-12-18-4-2-3-5-20(18)16-29/h2-11,14,23H,12-13,15-16H2,1H3/p+1/t23-/m0/s1. The Morgan fingerprint density at radius 1 is 1.00 bits per heavy atom. The summed E-state index contributed by atoms with van der Waals surface area (Å²) in [7, 11) is 0. The van der Waals surface area contributed by atoms with E-state index < -0.39 is 0 Å². The molecule has 0 radical (unpaired) electrons. The number of aromatic nitrogens is 1. The highest BCUT2D eigenvalue weighted by atomic mass is 32.1. The molecule has 2 aliphatic heterocycles. The fraction of sp³-hybridized carbons (Fsp3) is 0.222. The Bertz CT molecular complexity index is 1390. The molecule has 1 saturated heterocycles. The van der Waals surface area contributed by atoms with Crippen molar-refractivity contribution in [3.63, 3.8) is 0 Å². The summed E-state index contributed by atoms with van der Waals surface area (Å²) < 4.78 is 1.16. The van der Waals surface area contributed by atoms with Crippen molar-refractivity contribution in [3.05, 3.63) is 83.4 Å². The van der Waals surface area contributed by atoms with Crippen LogP contribution < -0.4 is 9.80 Å². The van der Waals surface area contributed by atoms with Crippen LogP contribution in [0.15, 0.2) is 66.7 Å². The maximum absolute atomic E-state index is 13.3. The Hall–Kier alpha value is -3.35. The average Bonchev–Trinajstić information content (AvgIpc) is 3.38. The molecule has 1 N–H and O–H groups in total. The third-order valence-electron chi connectivity index (χ3n) is 6.81. The molecule has 164 valence electrons. The number of hydrogen-bond acceptors (Lipinski definition) is 4. The zero-order chi connectivity index (χ0) is 22.5. The number of nitrogens with zero attached hydrogens (tertiary/aromatic N) is 2. The number of aryl methyl sites for hydroxylation is 1. The highest BCUT2D eigenvalue weighted by Gasteiger charge is 2.46. The molecule has 2 atom stereocenters. The van der Waals surface area contributed by atoms with Crippen molar-refractivity contribution in [3.8, 4) is 10.6 Å². The summed E-state index contributed by atoms with van der Waals surface area (Å²) in [6.07, 6.45) is 1.22. The molecule has 1 unspecified atom stereocenters. The molecule has 1 aromatic heterocycles. The van der Waals surface area contributed by atoms with E-state index in [-0.39, 0.29) is 24.3 Å². The van der Waals surface area contributed by atoms with Crippen molar-refractivity contribution >= 4 is 39.1 Å². The minimum absolute atomic E-state index is 0.0856. The lowest BCUT2D eigenvalue weighted by molar-refractivity contribution is -0.930. The summed E-state index contributed by atoms with van der Waals surface area (Å²) in [6.45, 7) is 3.75. The van der Waals surface area contributed by atoms with E-state index in [9.17, 15) is 9.59 Å². The molecular formula is C27H24N3O2S+. The van der Waals surface area contributed by atoms with Gasteiger partial charge in [0, 0.05) is 17.5 Å². The van der Waals surface area contributed by atoms with E-state index in [1.165, 1.54) is 26.5 Å². The minimum atomic E-state index is -0.307. The second-order valence-electron chi connectivity index (χ2n) is 8.96.